The van der Waals surface area contributed by atoms with Crippen molar-refractivity contribution in [1.29, 1.82) is 0 Å². The summed E-state index contributed by atoms with van der Waals surface area (Å²) in [6.45, 7) is 3.12. The van der Waals surface area contributed by atoms with E-state index < -0.39 is 6.17 Å². The number of rotatable bonds is 2. The van der Waals surface area contributed by atoms with Gasteiger partial charge in [-0.3, -0.25) is 4.79 Å². The molecule has 1 aromatic heterocycles. The molecule has 2 amide bonds. The molecule has 0 fully saturated rings. The summed E-state index contributed by atoms with van der Waals surface area (Å²) in [5.41, 5.74) is 2.42. The van der Waals surface area contributed by atoms with Gasteiger partial charge in [0.05, 0.1) is 18.7 Å². The maximum atomic E-state index is 12.8. The van der Waals surface area contributed by atoms with Gasteiger partial charge in [-0.25, -0.2) is 4.79 Å². The minimum absolute atomic E-state index is 0.137. The van der Waals surface area contributed by atoms with Gasteiger partial charge in [0.25, 0.3) is 5.91 Å². The predicted octanol–water partition coefficient (Wildman–Crippen LogP) is 4.42. The van der Waals surface area contributed by atoms with E-state index in [1.807, 2.05) is 0 Å². The summed E-state index contributed by atoms with van der Waals surface area (Å²) >= 11 is 13.8. The van der Waals surface area contributed by atoms with Crippen molar-refractivity contribution in [3.05, 3.63) is 49.8 Å². The van der Waals surface area contributed by atoms with Crippen molar-refractivity contribution in [2.75, 3.05) is 18.5 Å². The van der Waals surface area contributed by atoms with Crippen LogP contribution in [0.2, 0.25) is 10.0 Å². The standard InChI is InChI=1S/C18H17Cl2N3O3S/c1-2-26-18(25)23-6-5-11-13(8-23)27-17-14(11)16(24)21-15(22-17)10-4-3-9(19)7-12(10)20/h3-4,7,15,22H,2,5-6,8H2,1H3,(H,21,24). The average molecular weight is 426 g/mol. The number of nitrogens with zero attached hydrogens (tertiary/aromatic N) is 1. The molecular formula is C18H17Cl2N3O3S. The number of benzene rings is 1. The van der Waals surface area contributed by atoms with Crippen LogP contribution in [0.4, 0.5) is 9.80 Å². The van der Waals surface area contributed by atoms with Crippen molar-refractivity contribution < 1.29 is 14.3 Å². The molecule has 27 heavy (non-hydrogen) atoms. The maximum absolute atomic E-state index is 12.8. The largest absolute Gasteiger partial charge is 0.450 e. The van der Waals surface area contributed by atoms with E-state index in [1.165, 1.54) is 11.3 Å². The Bertz CT molecular complexity index is 931. The van der Waals surface area contributed by atoms with Gasteiger partial charge in [-0.1, -0.05) is 29.3 Å². The highest BCUT2D eigenvalue weighted by molar-refractivity contribution is 7.16. The average Bonchev–Trinajstić information content (AvgIpc) is 2.99. The number of hydrogen-bond acceptors (Lipinski definition) is 5. The third-order valence-corrected chi connectivity index (χ3v) is 6.34. The molecule has 1 unspecified atom stereocenters. The molecule has 0 saturated carbocycles. The molecule has 142 valence electrons. The normalized spacial score (nSPS) is 18.3. The maximum Gasteiger partial charge on any atom is 0.410 e. The van der Waals surface area contributed by atoms with E-state index in [1.54, 1.807) is 30.0 Å². The van der Waals surface area contributed by atoms with E-state index in [2.05, 4.69) is 10.6 Å². The Balaban J connectivity index is 1.62. The Morgan fingerprint density at radius 1 is 1.37 bits per heavy atom. The molecule has 2 N–H and O–H groups in total. The van der Waals surface area contributed by atoms with Crippen LogP contribution in [-0.4, -0.2) is 30.1 Å². The van der Waals surface area contributed by atoms with Crippen molar-refractivity contribution in [1.82, 2.24) is 10.2 Å². The fourth-order valence-corrected chi connectivity index (χ4v) is 5.18. The van der Waals surface area contributed by atoms with E-state index in [0.29, 0.717) is 41.7 Å². The van der Waals surface area contributed by atoms with E-state index in [9.17, 15) is 9.59 Å². The summed E-state index contributed by atoms with van der Waals surface area (Å²) in [5, 5.41) is 8.14. The lowest BCUT2D eigenvalue weighted by atomic mass is 10.0. The molecule has 0 radical (unpaired) electrons. The minimum Gasteiger partial charge on any atom is -0.450 e. The number of nitrogens with one attached hydrogen (secondary N) is 2. The molecule has 1 aromatic carbocycles. The van der Waals surface area contributed by atoms with Crippen LogP contribution in [0.3, 0.4) is 0 Å². The molecule has 0 saturated heterocycles. The zero-order chi connectivity index (χ0) is 19.1. The zero-order valence-corrected chi connectivity index (χ0v) is 16.8. The predicted molar refractivity (Wildman–Crippen MR) is 106 cm³/mol. The van der Waals surface area contributed by atoms with Crippen molar-refractivity contribution in [3.8, 4) is 0 Å². The number of ether oxygens (including phenoxy) is 1. The second-order valence-corrected chi connectivity index (χ2v) is 8.24. The molecule has 0 spiro atoms. The van der Waals surface area contributed by atoms with Crippen LogP contribution >= 0.6 is 34.5 Å². The van der Waals surface area contributed by atoms with E-state index in [4.69, 9.17) is 27.9 Å². The summed E-state index contributed by atoms with van der Waals surface area (Å²) in [6.07, 6.45) is -0.129. The molecule has 4 rings (SSSR count). The number of hydrogen-bond donors (Lipinski definition) is 2. The quantitative estimate of drug-likeness (QED) is 0.746. The van der Waals surface area contributed by atoms with Crippen molar-refractivity contribution in [2.24, 2.45) is 0 Å². The SMILES string of the molecule is CCOC(=O)N1CCc2c(sc3c2C(=O)NC(c2ccc(Cl)cc2Cl)N3)C1. The van der Waals surface area contributed by atoms with Gasteiger partial charge >= 0.3 is 6.09 Å². The van der Waals surface area contributed by atoms with Crippen molar-refractivity contribution >= 4 is 51.5 Å². The number of fused-ring (bicyclic) bond motifs is 3. The van der Waals surface area contributed by atoms with E-state index in [0.717, 1.165) is 21.0 Å². The van der Waals surface area contributed by atoms with Crippen LogP contribution < -0.4 is 10.6 Å². The Morgan fingerprint density at radius 3 is 2.93 bits per heavy atom. The van der Waals surface area contributed by atoms with Crippen LogP contribution in [0, 0.1) is 0 Å². The van der Waals surface area contributed by atoms with Gasteiger partial charge in [0.1, 0.15) is 11.2 Å². The summed E-state index contributed by atoms with van der Waals surface area (Å²) < 4.78 is 5.09. The first-order valence-electron chi connectivity index (χ1n) is 8.56. The number of anilines is 1. The summed E-state index contributed by atoms with van der Waals surface area (Å²) in [4.78, 5) is 27.5. The van der Waals surface area contributed by atoms with Crippen LogP contribution in [0.15, 0.2) is 18.2 Å². The van der Waals surface area contributed by atoms with Gasteiger partial charge in [-0.2, -0.15) is 0 Å². The minimum atomic E-state index is -0.434. The van der Waals surface area contributed by atoms with Crippen LogP contribution in [0.5, 0.6) is 0 Å². The van der Waals surface area contributed by atoms with Gasteiger partial charge in [0.2, 0.25) is 0 Å². The third kappa shape index (κ3) is 3.35. The highest BCUT2D eigenvalue weighted by Crippen LogP contribution is 2.41. The van der Waals surface area contributed by atoms with E-state index in [-0.39, 0.29) is 12.0 Å². The second-order valence-electron chi connectivity index (χ2n) is 6.30. The second kappa shape index (κ2) is 7.22. The molecule has 2 aliphatic rings. The topological polar surface area (TPSA) is 70.7 Å². The third-order valence-electron chi connectivity index (χ3n) is 4.63. The Hall–Kier alpha value is -1.96. The first-order chi connectivity index (χ1) is 13.0. The van der Waals surface area contributed by atoms with Gasteiger partial charge in [-0.05, 0) is 31.0 Å². The van der Waals surface area contributed by atoms with Gasteiger partial charge in [-0.15, -0.1) is 11.3 Å². The Labute approximate surface area is 170 Å². The van der Waals surface area contributed by atoms with Gasteiger partial charge in [0.15, 0.2) is 0 Å². The van der Waals surface area contributed by atoms with Gasteiger partial charge < -0.3 is 20.3 Å². The lowest BCUT2D eigenvalue weighted by Crippen LogP contribution is -2.39. The number of amides is 2. The van der Waals surface area contributed by atoms with Gasteiger partial charge in [0, 0.05) is 27.0 Å². The fraction of sp³-hybridized carbons (Fsp3) is 0.333. The molecule has 0 aliphatic carbocycles. The lowest BCUT2D eigenvalue weighted by Gasteiger charge is -2.28. The highest BCUT2D eigenvalue weighted by atomic mass is 35.5. The lowest BCUT2D eigenvalue weighted by molar-refractivity contribution is 0.0934. The first kappa shape index (κ1) is 18.4. The van der Waals surface area contributed by atoms with Crippen molar-refractivity contribution in [3.63, 3.8) is 0 Å². The summed E-state index contributed by atoms with van der Waals surface area (Å²) in [6, 6.07) is 5.19. The van der Waals surface area contributed by atoms with Crippen LogP contribution in [0.25, 0.3) is 0 Å². The number of carbonyl (C=O) groups excluding carboxylic acids is 2. The van der Waals surface area contributed by atoms with Crippen LogP contribution in [0.1, 0.15) is 39.5 Å². The number of halogens is 2. The summed E-state index contributed by atoms with van der Waals surface area (Å²) in [7, 11) is 0. The molecule has 1 atom stereocenters. The Morgan fingerprint density at radius 2 is 2.19 bits per heavy atom. The van der Waals surface area contributed by atoms with Crippen molar-refractivity contribution in [2.45, 2.75) is 26.1 Å². The molecule has 0 bridgehead atoms. The first-order valence-corrected chi connectivity index (χ1v) is 10.1. The molecule has 2 aliphatic heterocycles. The fourth-order valence-electron chi connectivity index (χ4n) is 3.38. The smallest absolute Gasteiger partial charge is 0.410 e. The highest BCUT2D eigenvalue weighted by Gasteiger charge is 2.35. The molecule has 2 aromatic rings. The molecule has 3 heterocycles. The molecule has 6 nitrogen and oxygen atoms in total. The zero-order valence-electron chi connectivity index (χ0n) is 14.5. The summed E-state index contributed by atoms with van der Waals surface area (Å²) in [5.74, 6) is -0.137. The Kier molecular flexibility index (Phi) is 4.92. The number of thiophene rings is 1. The van der Waals surface area contributed by atoms with Crippen LogP contribution in [-0.2, 0) is 17.7 Å². The monoisotopic (exact) mass is 425 g/mol. The molecular weight excluding hydrogens is 409 g/mol. The van der Waals surface area contributed by atoms with E-state index >= 15 is 0 Å². The number of carbonyl (C=O) groups is 2. The molecule has 9 heteroatoms.